The van der Waals surface area contributed by atoms with Crippen LogP contribution in [-0.4, -0.2) is 122 Å². The van der Waals surface area contributed by atoms with E-state index in [1.54, 1.807) is 18.5 Å². The zero-order valence-electron chi connectivity index (χ0n) is 33.0. The van der Waals surface area contributed by atoms with Crippen LogP contribution in [0, 0.1) is 0 Å². The van der Waals surface area contributed by atoms with Gasteiger partial charge in [0.1, 0.15) is 29.5 Å². The summed E-state index contributed by atoms with van der Waals surface area (Å²) in [6.45, 7) is 10.8. The molecule has 1 atom stereocenters. The number of piperidine rings is 1. The van der Waals surface area contributed by atoms with Crippen LogP contribution >= 0.6 is 0 Å². The molecule has 1 aliphatic carbocycles. The summed E-state index contributed by atoms with van der Waals surface area (Å²) in [6.07, 6.45) is 4.03. The molecule has 4 fully saturated rings. The van der Waals surface area contributed by atoms with Crippen molar-refractivity contribution in [2.75, 3.05) is 62.2 Å². The van der Waals surface area contributed by atoms with Crippen LogP contribution in [0.5, 0.6) is 5.75 Å². The summed E-state index contributed by atoms with van der Waals surface area (Å²) in [5.74, 6) is -0.185. The predicted octanol–water partition coefficient (Wildman–Crippen LogP) is 4.00. The lowest BCUT2D eigenvalue weighted by Gasteiger charge is -2.36. The average molecular weight is 795 g/mol. The Morgan fingerprint density at radius 2 is 1.42 bits per heavy atom. The second-order valence-corrected chi connectivity index (χ2v) is 16.6. The van der Waals surface area contributed by atoms with Crippen LogP contribution < -0.4 is 19.9 Å². The number of carbonyl (C=O) groups is 4. The second-order valence-electron chi connectivity index (χ2n) is 16.6. The fourth-order valence-electron chi connectivity index (χ4n) is 8.69. The molecular weight excluding hydrogens is 749 g/mol. The lowest BCUT2D eigenvalue weighted by atomic mass is 10.0. The summed E-state index contributed by atoms with van der Waals surface area (Å²) < 4.78 is 6.22. The fourth-order valence-corrected chi connectivity index (χ4v) is 8.69. The largest absolute Gasteiger partial charge is 0.488 e. The van der Waals surface area contributed by atoms with Gasteiger partial charge in [-0.3, -0.25) is 44.3 Å². The number of amides is 4. The van der Waals surface area contributed by atoms with Gasteiger partial charge in [-0.1, -0.05) is 24.3 Å². The quantitative estimate of drug-likeness (QED) is 0.196. The van der Waals surface area contributed by atoms with Crippen LogP contribution in [0.25, 0.3) is 22.3 Å². The Hall–Kier alpha value is -6.19. The Morgan fingerprint density at radius 1 is 0.746 bits per heavy atom. The molecule has 3 saturated heterocycles. The number of fused-ring (bicyclic) bond motifs is 2. The lowest BCUT2D eigenvalue weighted by Crippen LogP contribution is -2.54. The first kappa shape index (κ1) is 37.1. The number of anilines is 2. The number of aromatic nitrogens is 4. The number of ether oxygens (including phenoxy) is 1. The predicted molar refractivity (Wildman–Crippen MR) is 220 cm³/mol. The zero-order valence-corrected chi connectivity index (χ0v) is 33.0. The number of nitrogens with zero attached hydrogens (tertiary/aromatic N) is 8. The molecule has 5 aromatic rings. The smallest absolute Gasteiger partial charge is 0.262 e. The van der Waals surface area contributed by atoms with Crippen molar-refractivity contribution in [2.24, 2.45) is 0 Å². The van der Waals surface area contributed by atoms with Gasteiger partial charge in [0, 0.05) is 89.0 Å². The fraction of sp³-hybridized carbons (Fsp3) is 0.386. The monoisotopic (exact) mass is 794 g/mol. The van der Waals surface area contributed by atoms with Gasteiger partial charge in [0.05, 0.1) is 28.0 Å². The SMILES string of the molecule is CC1(Oc2ccc3n[nH]c(-c4cc(N5CCN(Cc6ccc(CN7CCN(c8ccc9c(c8)C(=O)N(C8CCC(=O)NC8=O)C9=O)CC7)cc6)CC5)ncn4)c3c2)CC1. The van der Waals surface area contributed by atoms with Crippen LogP contribution in [0.2, 0.25) is 0 Å². The van der Waals surface area contributed by atoms with Crippen molar-refractivity contribution in [3.8, 4) is 17.1 Å². The Morgan fingerprint density at radius 3 is 2.10 bits per heavy atom. The van der Waals surface area contributed by atoms with E-state index in [9.17, 15) is 19.2 Å². The van der Waals surface area contributed by atoms with E-state index in [2.05, 4.69) is 88.4 Å². The highest BCUT2D eigenvalue weighted by Gasteiger charge is 2.45. The van der Waals surface area contributed by atoms with E-state index in [1.807, 2.05) is 18.2 Å². The number of H-pyrrole nitrogens is 1. The Kier molecular flexibility index (Phi) is 9.36. The molecular formula is C44H46N10O5. The first-order chi connectivity index (χ1) is 28.7. The van der Waals surface area contributed by atoms with Gasteiger partial charge in [-0.2, -0.15) is 5.10 Å². The van der Waals surface area contributed by atoms with E-state index in [-0.39, 0.29) is 24.3 Å². The molecule has 10 rings (SSSR count). The van der Waals surface area contributed by atoms with Gasteiger partial charge < -0.3 is 14.5 Å². The van der Waals surface area contributed by atoms with Gasteiger partial charge in [0.2, 0.25) is 11.8 Å². The molecule has 4 amide bonds. The third-order valence-corrected chi connectivity index (χ3v) is 12.4. The number of piperazine rings is 2. The van der Waals surface area contributed by atoms with Crippen LogP contribution in [0.4, 0.5) is 11.5 Å². The van der Waals surface area contributed by atoms with Crippen LogP contribution in [-0.2, 0) is 22.7 Å². The first-order valence-corrected chi connectivity index (χ1v) is 20.5. The maximum Gasteiger partial charge on any atom is 0.262 e. The van der Waals surface area contributed by atoms with Gasteiger partial charge >= 0.3 is 0 Å². The van der Waals surface area contributed by atoms with Crippen LogP contribution in [0.1, 0.15) is 64.4 Å². The van der Waals surface area contributed by atoms with Crippen molar-refractivity contribution in [3.05, 3.63) is 95.3 Å². The van der Waals surface area contributed by atoms with E-state index < -0.39 is 23.8 Å². The number of carbonyl (C=O) groups excluding carboxylic acids is 4. The van der Waals surface area contributed by atoms with E-state index in [4.69, 9.17) is 4.74 Å². The zero-order chi connectivity index (χ0) is 40.3. The van der Waals surface area contributed by atoms with Crippen molar-refractivity contribution in [3.63, 3.8) is 0 Å². The van der Waals surface area contributed by atoms with Crippen molar-refractivity contribution < 1.29 is 23.9 Å². The van der Waals surface area contributed by atoms with Gasteiger partial charge in [0.15, 0.2) is 0 Å². The van der Waals surface area contributed by atoms with Crippen LogP contribution in [0.15, 0.2) is 73.1 Å². The van der Waals surface area contributed by atoms with Crippen molar-refractivity contribution in [2.45, 2.75) is 57.3 Å². The Bertz CT molecular complexity index is 2470. The normalized spacial score (nSPS) is 21.0. The minimum Gasteiger partial charge on any atom is -0.488 e. The maximum atomic E-state index is 13.3. The molecule has 15 nitrogen and oxygen atoms in total. The van der Waals surface area contributed by atoms with E-state index >= 15 is 0 Å². The number of rotatable bonds is 10. The van der Waals surface area contributed by atoms with Crippen molar-refractivity contribution in [1.82, 2.24) is 40.2 Å². The van der Waals surface area contributed by atoms with Gasteiger partial charge in [-0.15, -0.1) is 0 Å². The highest BCUT2D eigenvalue weighted by atomic mass is 16.5. The molecule has 0 radical (unpaired) electrons. The molecule has 59 heavy (non-hydrogen) atoms. The molecule has 4 aliphatic heterocycles. The Balaban J connectivity index is 0.700. The van der Waals surface area contributed by atoms with E-state index in [1.165, 1.54) is 11.1 Å². The molecule has 5 aliphatic rings. The van der Waals surface area contributed by atoms with E-state index in [0.717, 1.165) is 123 Å². The molecule has 0 bridgehead atoms. The molecule has 1 unspecified atom stereocenters. The molecule has 2 N–H and O–H groups in total. The Labute approximate surface area is 341 Å². The summed E-state index contributed by atoms with van der Waals surface area (Å²) in [6, 6.07) is 21.4. The number of hydrogen-bond acceptors (Lipinski definition) is 12. The average Bonchev–Trinajstić information content (AvgIpc) is 3.73. The molecule has 2 aromatic heterocycles. The summed E-state index contributed by atoms with van der Waals surface area (Å²) in [7, 11) is 0. The van der Waals surface area contributed by atoms with Crippen LogP contribution in [0.3, 0.4) is 0 Å². The number of nitrogens with one attached hydrogen (secondary N) is 2. The summed E-state index contributed by atoms with van der Waals surface area (Å²) in [5.41, 5.74) is 6.57. The number of benzene rings is 3. The highest BCUT2D eigenvalue weighted by Crippen LogP contribution is 2.41. The van der Waals surface area contributed by atoms with Crippen molar-refractivity contribution >= 4 is 46.0 Å². The molecule has 1 saturated carbocycles. The third-order valence-electron chi connectivity index (χ3n) is 12.4. The molecule has 302 valence electrons. The standard InChI is InChI=1S/C44H46N10O5/c1-44(12-13-44)59-31-7-9-35-34(23-31)40(49-48-35)36-24-38(46-27-45-36)53-20-16-51(17-21-53)26-29-4-2-28(3-5-29)25-50-14-18-52(19-15-50)30-6-8-32-33(22-30)43(58)54(42(32)57)37-10-11-39(55)47-41(37)56/h2-9,22-24,27,37H,10-21,25-26H2,1H3,(H,48,49)(H,47,55,56). The molecule has 0 spiro atoms. The topological polar surface area (TPSA) is 160 Å². The minimum atomic E-state index is -0.968. The minimum absolute atomic E-state index is 0.0524. The molecule has 6 heterocycles. The molecule has 3 aromatic carbocycles. The lowest BCUT2D eigenvalue weighted by molar-refractivity contribution is -0.136. The van der Waals surface area contributed by atoms with Gasteiger partial charge in [-0.25, -0.2) is 9.97 Å². The number of imide groups is 2. The van der Waals surface area contributed by atoms with Gasteiger partial charge in [0.25, 0.3) is 11.8 Å². The maximum absolute atomic E-state index is 13.3. The third kappa shape index (κ3) is 7.40. The summed E-state index contributed by atoms with van der Waals surface area (Å²) in [4.78, 5) is 70.3. The second kappa shape index (κ2) is 14.9. The number of aromatic amines is 1. The van der Waals surface area contributed by atoms with Crippen molar-refractivity contribution in [1.29, 1.82) is 0 Å². The first-order valence-electron chi connectivity index (χ1n) is 20.5. The molecule has 15 heteroatoms. The summed E-state index contributed by atoms with van der Waals surface area (Å²) in [5, 5.41) is 11.0. The highest BCUT2D eigenvalue weighted by molar-refractivity contribution is 6.23. The number of hydrogen-bond donors (Lipinski definition) is 2. The summed E-state index contributed by atoms with van der Waals surface area (Å²) >= 11 is 0. The van der Waals surface area contributed by atoms with Gasteiger partial charge in [-0.05, 0) is 73.7 Å². The van der Waals surface area contributed by atoms with E-state index in [0.29, 0.717) is 11.1 Å².